The minimum absolute atomic E-state index is 0.0138. The Hall–Kier alpha value is -1.64. The summed E-state index contributed by atoms with van der Waals surface area (Å²) in [6.07, 6.45) is 0.759. The molecule has 0 saturated carbocycles. The molecule has 3 heteroatoms. The molecule has 0 aliphatic heterocycles. The van der Waals surface area contributed by atoms with E-state index in [1.54, 1.807) is 6.07 Å². The van der Waals surface area contributed by atoms with Gasteiger partial charge in [0.25, 0.3) is 0 Å². The number of benzene rings is 1. The van der Waals surface area contributed by atoms with Gasteiger partial charge in [0.15, 0.2) is 5.78 Å². The molecule has 0 aliphatic rings. The van der Waals surface area contributed by atoms with Crippen LogP contribution in [0.4, 0.5) is 0 Å². The van der Waals surface area contributed by atoms with Gasteiger partial charge in [0, 0.05) is 18.4 Å². The molecule has 1 N–H and O–H groups in total. The van der Waals surface area contributed by atoms with Crippen LogP contribution in [0.15, 0.2) is 24.3 Å². The van der Waals surface area contributed by atoms with Crippen molar-refractivity contribution in [3.8, 4) is 0 Å². The lowest BCUT2D eigenvalue weighted by Gasteiger charge is -2.00. The minimum atomic E-state index is -0.855. The lowest BCUT2D eigenvalue weighted by Crippen LogP contribution is -2.01. The van der Waals surface area contributed by atoms with Crippen LogP contribution < -0.4 is 0 Å². The summed E-state index contributed by atoms with van der Waals surface area (Å²) in [6, 6.07) is 7.34. The summed E-state index contributed by atoms with van der Waals surface area (Å²) < 4.78 is 0. The summed E-state index contributed by atoms with van der Waals surface area (Å²) in [4.78, 5) is 21.8. The fourth-order valence-electron chi connectivity index (χ4n) is 1.36. The van der Waals surface area contributed by atoms with Gasteiger partial charge in [-0.3, -0.25) is 9.59 Å². The van der Waals surface area contributed by atoms with Gasteiger partial charge in [0.05, 0.1) is 0 Å². The van der Waals surface area contributed by atoms with Gasteiger partial charge in [0.1, 0.15) is 0 Å². The van der Waals surface area contributed by atoms with E-state index in [2.05, 4.69) is 0 Å². The zero-order valence-electron chi connectivity index (χ0n) is 8.69. The van der Waals surface area contributed by atoms with Crippen LogP contribution in [0.2, 0.25) is 0 Å². The van der Waals surface area contributed by atoms with Gasteiger partial charge in [-0.25, -0.2) is 0 Å². The molecule has 0 heterocycles. The monoisotopic (exact) mass is 206 g/mol. The maximum Gasteiger partial charge on any atom is 0.303 e. The molecule has 1 aromatic rings. The molecular formula is C12H14O3. The molecule has 1 aromatic carbocycles. The summed E-state index contributed by atoms with van der Waals surface area (Å²) in [5.74, 6) is -0.841. The lowest BCUT2D eigenvalue weighted by molar-refractivity contribution is -0.137. The fraction of sp³-hybridized carbons (Fsp3) is 0.333. The highest BCUT2D eigenvalue weighted by Crippen LogP contribution is 2.09. The molecule has 0 bridgehead atoms. The van der Waals surface area contributed by atoms with Gasteiger partial charge < -0.3 is 5.11 Å². The van der Waals surface area contributed by atoms with Crippen molar-refractivity contribution in [1.29, 1.82) is 0 Å². The van der Waals surface area contributed by atoms with Gasteiger partial charge >= 0.3 is 5.97 Å². The highest BCUT2D eigenvalue weighted by molar-refractivity contribution is 5.96. The van der Waals surface area contributed by atoms with E-state index in [1.807, 2.05) is 25.1 Å². The van der Waals surface area contributed by atoms with Crippen molar-refractivity contribution < 1.29 is 14.7 Å². The minimum Gasteiger partial charge on any atom is -0.481 e. The Kier molecular flexibility index (Phi) is 4.03. The first-order chi connectivity index (χ1) is 7.09. The van der Waals surface area contributed by atoms with Crippen molar-refractivity contribution in [2.24, 2.45) is 0 Å². The maximum absolute atomic E-state index is 11.6. The van der Waals surface area contributed by atoms with E-state index in [0.29, 0.717) is 18.4 Å². The van der Waals surface area contributed by atoms with Crippen molar-refractivity contribution in [2.45, 2.75) is 26.2 Å². The molecule has 0 aromatic heterocycles. The molecule has 0 aliphatic carbocycles. The summed E-state index contributed by atoms with van der Waals surface area (Å²) in [5, 5.41) is 8.43. The van der Waals surface area contributed by atoms with Crippen LogP contribution in [0.1, 0.15) is 35.2 Å². The number of Topliss-reactive ketones (excluding diaryl/α,β-unsaturated/α-hetero) is 1. The van der Waals surface area contributed by atoms with E-state index in [9.17, 15) is 9.59 Å². The van der Waals surface area contributed by atoms with Crippen molar-refractivity contribution >= 4 is 11.8 Å². The molecule has 3 nitrogen and oxygen atoms in total. The van der Waals surface area contributed by atoms with E-state index >= 15 is 0 Å². The predicted molar refractivity (Wildman–Crippen MR) is 57.0 cm³/mol. The van der Waals surface area contributed by atoms with E-state index in [1.165, 1.54) is 0 Å². The normalized spacial score (nSPS) is 9.93. The van der Waals surface area contributed by atoms with Gasteiger partial charge in [-0.15, -0.1) is 0 Å². The zero-order chi connectivity index (χ0) is 11.3. The Balaban J connectivity index is 2.50. The third-order valence-electron chi connectivity index (χ3n) is 2.13. The van der Waals surface area contributed by atoms with Crippen LogP contribution in [0.25, 0.3) is 0 Å². The molecule has 0 amide bonds. The summed E-state index contributed by atoms with van der Waals surface area (Å²) in [6.45, 7) is 1.92. The van der Waals surface area contributed by atoms with Crippen LogP contribution in [0.5, 0.6) is 0 Å². The molecule has 1 rings (SSSR count). The Morgan fingerprint density at radius 2 is 2.00 bits per heavy atom. The average Bonchev–Trinajstić information content (AvgIpc) is 2.17. The van der Waals surface area contributed by atoms with Gasteiger partial charge in [-0.1, -0.05) is 23.8 Å². The molecule has 0 atom stereocenters. The van der Waals surface area contributed by atoms with Gasteiger partial charge in [-0.2, -0.15) is 0 Å². The number of aliphatic carboxylic acids is 1. The standard InChI is InChI=1S/C12H14O3/c1-9-4-2-5-10(8-9)11(13)6-3-7-12(14)15/h2,4-5,8H,3,6-7H2,1H3,(H,14,15). The Labute approximate surface area is 88.7 Å². The first-order valence-corrected chi connectivity index (χ1v) is 4.91. The molecule has 0 radical (unpaired) electrons. The Bertz CT molecular complexity index is 369. The lowest BCUT2D eigenvalue weighted by atomic mass is 10.0. The van der Waals surface area contributed by atoms with Crippen LogP contribution in [-0.2, 0) is 4.79 Å². The van der Waals surface area contributed by atoms with Crippen LogP contribution in [0, 0.1) is 6.92 Å². The first kappa shape index (κ1) is 11.4. The second-order valence-corrected chi connectivity index (χ2v) is 3.54. The number of hydrogen-bond acceptors (Lipinski definition) is 2. The number of carboxylic acids is 1. The van der Waals surface area contributed by atoms with E-state index in [-0.39, 0.29) is 12.2 Å². The SMILES string of the molecule is Cc1cccc(C(=O)CCCC(=O)O)c1. The average molecular weight is 206 g/mol. The van der Waals surface area contributed by atoms with Crippen molar-refractivity contribution in [2.75, 3.05) is 0 Å². The Morgan fingerprint density at radius 3 is 2.60 bits per heavy atom. The highest BCUT2D eigenvalue weighted by Gasteiger charge is 2.06. The van der Waals surface area contributed by atoms with E-state index < -0.39 is 5.97 Å². The summed E-state index contributed by atoms with van der Waals surface area (Å²) in [5.41, 5.74) is 1.71. The van der Waals surface area contributed by atoms with E-state index in [0.717, 1.165) is 5.56 Å². The van der Waals surface area contributed by atoms with Crippen LogP contribution in [0.3, 0.4) is 0 Å². The maximum atomic E-state index is 11.6. The zero-order valence-corrected chi connectivity index (χ0v) is 8.69. The van der Waals surface area contributed by atoms with E-state index in [4.69, 9.17) is 5.11 Å². The number of carbonyl (C=O) groups excluding carboxylic acids is 1. The molecule has 0 fully saturated rings. The van der Waals surface area contributed by atoms with Crippen LogP contribution >= 0.6 is 0 Å². The largest absolute Gasteiger partial charge is 0.481 e. The van der Waals surface area contributed by atoms with Gasteiger partial charge in [0.2, 0.25) is 0 Å². The third kappa shape index (κ3) is 3.94. The molecule has 15 heavy (non-hydrogen) atoms. The van der Waals surface area contributed by atoms with Crippen molar-refractivity contribution in [3.63, 3.8) is 0 Å². The number of ketones is 1. The third-order valence-corrected chi connectivity index (χ3v) is 2.13. The molecular weight excluding hydrogens is 192 g/mol. The molecule has 80 valence electrons. The fourth-order valence-corrected chi connectivity index (χ4v) is 1.36. The quantitative estimate of drug-likeness (QED) is 0.753. The van der Waals surface area contributed by atoms with Gasteiger partial charge in [-0.05, 0) is 19.4 Å². The summed E-state index contributed by atoms with van der Waals surface area (Å²) in [7, 11) is 0. The smallest absolute Gasteiger partial charge is 0.303 e. The van der Waals surface area contributed by atoms with Crippen molar-refractivity contribution in [3.05, 3.63) is 35.4 Å². The predicted octanol–water partition coefficient (Wildman–Crippen LogP) is 2.43. The Morgan fingerprint density at radius 1 is 1.27 bits per heavy atom. The number of carbonyl (C=O) groups is 2. The van der Waals surface area contributed by atoms with Crippen LogP contribution in [-0.4, -0.2) is 16.9 Å². The highest BCUT2D eigenvalue weighted by atomic mass is 16.4. The van der Waals surface area contributed by atoms with Crippen molar-refractivity contribution in [1.82, 2.24) is 0 Å². The number of rotatable bonds is 5. The molecule has 0 unspecified atom stereocenters. The first-order valence-electron chi connectivity index (χ1n) is 4.91. The second kappa shape index (κ2) is 5.29. The topological polar surface area (TPSA) is 54.4 Å². The molecule has 0 saturated heterocycles. The second-order valence-electron chi connectivity index (χ2n) is 3.54. The molecule has 0 spiro atoms. The number of aryl methyl sites for hydroxylation is 1. The number of carboxylic acid groups (broad SMARTS) is 1. The number of hydrogen-bond donors (Lipinski definition) is 1. The summed E-state index contributed by atoms with van der Waals surface area (Å²) >= 11 is 0.